The van der Waals surface area contributed by atoms with Crippen LogP contribution in [0.4, 0.5) is 0 Å². The van der Waals surface area contributed by atoms with Crippen LogP contribution in [0.5, 0.6) is 5.75 Å². The van der Waals surface area contributed by atoms with Crippen molar-refractivity contribution in [3.63, 3.8) is 0 Å². The molecule has 3 aromatic rings. The van der Waals surface area contributed by atoms with Crippen LogP contribution >= 0.6 is 0 Å². The van der Waals surface area contributed by atoms with E-state index < -0.39 is 11.6 Å². The summed E-state index contributed by atoms with van der Waals surface area (Å²) in [5.74, 6) is 0.848. The molecule has 1 aliphatic carbocycles. The number of benzene rings is 1. The lowest BCUT2D eigenvalue weighted by Gasteiger charge is -2.41. The van der Waals surface area contributed by atoms with Gasteiger partial charge in [-0.25, -0.2) is 14.3 Å². The maximum absolute atomic E-state index is 13.2. The van der Waals surface area contributed by atoms with Crippen LogP contribution in [-0.4, -0.2) is 41.4 Å². The number of aliphatic hydroxyl groups is 1. The number of hydrogen-bond acceptors (Lipinski definition) is 7. The molecule has 1 saturated carbocycles. The highest BCUT2D eigenvalue weighted by Crippen LogP contribution is 2.46. The number of hydrogen-bond donors (Lipinski definition) is 2. The fourth-order valence-electron chi connectivity index (χ4n) is 5.40. The number of cyclic esters (lactones) is 1. The van der Waals surface area contributed by atoms with Gasteiger partial charge in [-0.3, -0.25) is 0 Å². The molecule has 0 saturated heterocycles. The van der Waals surface area contributed by atoms with E-state index in [0.717, 1.165) is 43.2 Å². The molecule has 3 heterocycles. The first-order valence-electron chi connectivity index (χ1n) is 12.1. The van der Waals surface area contributed by atoms with Crippen molar-refractivity contribution in [2.24, 2.45) is 5.92 Å². The van der Waals surface area contributed by atoms with Gasteiger partial charge in [0.2, 0.25) is 0 Å². The fraction of sp³-hybridized carbons (Fsp3) is 0.462. The van der Waals surface area contributed by atoms with Gasteiger partial charge < -0.3 is 14.9 Å². The van der Waals surface area contributed by atoms with Crippen LogP contribution in [0.25, 0.3) is 5.78 Å². The van der Waals surface area contributed by atoms with Crippen LogP contribution in [0.2, 0.25) is 0 Å². The smallest absolute Gasteiger partial charge is 0.338 e. The summed E-state index contributed by atoms with van der Waals surface area (Å²) in [5.41, 5.74) is 1.44. The minimum Gasteiger partial charge on any atom is -0.512 e. The molecule has 0 radical (unpaired) electrons. The van der Waals surface area contributed by atoms with Crippen LogP contribution in [0, 0.1) is 5.92 Å². The predicted molar refractivity (Wildman–Crippen MR) is 125 cm³/mol. The molecule has 8 heteroatoms. The van der Waals surface area contributed by atoms with Gasteiger partial charge in [-0.15, -0.1) is 5.10 Å². The van der Waals surface area contributed by atoms with E-state index in [9.17, 15) is 15.0 Å². The number of rotatable bonds is 7. The fourth-order valence-corrected chi connectivity index (χ4v) is 5.40. The van der Waals surface area contributed by atoms with Crippen molar-refractivity contribution in [1.82, 2.24) is 19.6 Å². The third-order valence-corrected chi connectivity index (χ3v) is 7.32. The molecule has 0 spiro atoms. The summed E-state index contributed by atoms with van der Waals surface area (Å²) in [6, 6.07) is 7.43. The van der Waals surface area contributed by atoms with Crippen molar-refractivity contribution in [2.75, 3.05) is 0 Å². The molecule has 0 amide bonds. The molecule has 2 aromatic heterocycles. The number of fused-ring (bicyclic) bond motifs is 1. The monoisotopic (exact) mass is 462 g/mol. The summed E-state index contributed by atoms with van der Waals surface area (Å²) >= 11 is 0. The number of aromatic nitrogens is 4. The van der Waals surface area contributed by atoms with E-state index in [2.05, 4.69) is 22.0 Å². The van der Waals surface area contributed by atoms with Gasteiger partial charge in [0.1, 0.15) is 17.1 Å². The minimum atomic E-state index is -0.774. The standard InChI is InChI=1S/C26H30N4O4/c1-2-17-8-9-21(31)18(14-17)10-11-26(19-6-3-4-7-19)16-22(32)20(24(33)34-26)15-23-28-25-27-12-5-13-30(25)29-23/h5,8-9,12-14,19,31-32H,2-4,6-7,10-11,15-16H2,1H3. The highest BCUT2D eigenvalue weighted by Gasteiger charge is 2.48. The Labute approximate surface area is 198 Å². The second-order valence-electron chi connectivity index (χ2n) is 9.42. The molecule has 1 unspecified atom stereocenters. The van der Waals surface area contributed by atoms with Gasteiger partial charge in [-0.2, -0.15) is 4.98 Å². The normalized spacial score (nSPS) is 21.4. The van der Waals surface area contributed by atoms with Gasteiger partial charge in [-0.05, 0) is 61.3 Å². The van der Waals surface area contributed by atoms with E-state index in [-0.39, 0.29) is 35.8 Å². The lowest BCUT2D eigenvalue weighted by atomic mass is 9.76. The van der Waals surface area contributed by atoms with Gasteiger partial charge in [-0.1, -0.05) is 31.9 Å². The molecule has 2 aliphatic rings. The van der Waals surface area contributed by atoms with Crippen molar-refractivity contribution < 1.29 is 19.7 Å². The molecule has 178 valence electrons. The number of carbonyl (C=O) groups excluding carboxylic acids is 1. The second-order valence-corrected chi connectivity index (χ2v) is 9.42. The number of aryl methyl sites for hydroxylation is 2. The minimum absolute atomic E-state index is 0.0569. The maximum atomic E-state index is 13.2. The number of nitrogens with zero attached hydrogens (tertiary/aromatic N) is 4. The summed E-state index contributed by atoms with van der Waals surface area (Å²) in [6.07, 6.45) is 9.87. The van der Waals surface area contributed by atoms with Gasteiger partial charge >= 0.3 is 5.97 Å². The number of esters is 1. The third kappa shape index (κ3) is 4.24. The number of phenolic OH excluding ortho intramolecular Hbond substituents is 1. The largest absolute Gasteiger partial charge is 0.512 e. The van der Waals surface area contributed by atoms with E-state index in [1.807, 2.05) is 12.1 Å². The molecule has 34 heavy (non-hydrogen) atoms. The van der Waals surface area contributed by atoms with Crippen LogP contribution in [0.1, 0.15) is 62.4 Å². The maximum Gasteiger partial charge on any atom is 0.338 e. The summed E-state index contributed by atoms with van der Waals surface area (Å²) in [7, 11) is 0. The van der Waals surface area contributed by atoms with E-state index in [1.54, 1.807) is 29.0 Å². The van der Waals surface area contributed by atoms with E-state index in [1.165, 1.54) is 0 Å². The van der Waals surface area contributed by atoms with Gasteiger partial charge in [0.05, 0.1) is 5.57 Å². The molecular formula is C26H30N4O4. The zero-order valence-electron chi connectivity index (χ0n) is 19.4. The van der Waals surface area contributed by atoms with Crippen molar-refractivity contribution in [3.8, 4) is 5.75 Å². The summed E-state index contributed by atoms with van der Waals surface area (Å²) in [5, 5.41) is 25.8. The van der Waals surface area contributed by atoms with Crippen molar-refractivity contribution in [3.05, 3.63) is 64.9 Å². The molecular weight excluding hydrogens is 432 g/mol. The lowest BCUT2D eigenvalue weighted by Crippen LogP contribution is -2.46. The zero-order valence-corrected chi connectivity index (χ0v) is 19.4. The van der Waals surface area contributed by atoms with Gasteiger partial charge in [0.15, 0.2) is 5.82 Å². The highest BCUT2D eigenvalue weighted by atomic mass is 16.6. The van der Waals surface area contributed by atoms with Crippen molar-refractivity contribution in [2.45, 2.75) is 70.3 Å². The second kappa shape index (κ2) is 9.08. The van der Waals surface area contributed by atoms with Gasteiger partial charge in [0.25, 0.3) is 5.78 Å². The van der Waals surface area contributed by atoms with E-state index >= 15 is 0 Å². The number of ether oxygens (including phenoxy) is 1. The van der Waals surface area contributed by atoms with E-state index in [0.29, 0.717) is 24.4 Å². The number of carbonyl (C=O) groups is 1. The Hall–Kier alpha value is -3.42. The Kier molecular flexibility index (Phi) is 5.98. The Morgan fingerprint density at radius 3 is 2.79 bits per heavy atom. The average Bonchev–Trinajstić information content (AvgIpc) is 3.51. The van der Waals surface area contributed by atoms with E-state index in [4.69, 9.17) is 4.74 Å². The van der Waals surface area contributed by atoms with Gasteiger partial charge in [0, 0.05) is 25.2 Å². The Morgan fingerprint density at radius 2 is 2.06 bits per heavy atom. The third-order valence-electron chi connectivity index (χ3n) is 7.32. The molecule has 1 atom stereocenters. The lowest BCUT2D eigenvalue weighted by molar-refractivity contribution is -0.167. The number of aliphatic hydroxyl groups excluding tert-OH is 1. The molecule has 1 fully saturated rings. The first-order chi connectivity index (χ1) is 16.5. The quantitative estimate of drug-likeness (QED) is 0.505. The first kappa shape index (κ1) is 22.4. The summed E-state index contributed by atoms with van der Waals surface area (Å²) in [4.78, 5) is 21.7. The highest BCUT2D eigenvalue weighted by molar-refractivity contribution is 5.90. The van der Waals surface area contributed by atoms with Crippen LogP contribution < -0.4 is 0 Å². The molecule has 1 aliphatic heterocycles. The van der Waals surface area contributed by atoms with Crippen molar-refractivity contribution in [1.29, 1.82) is 0 Å². The summed E-state index contributed by atoms with van der Waals surface area (Å²) < 4.78 is 7.73. The predicted octanol–water partition coefficient (Wildman–Crippen LogP) is 4.26. The number of aromatic hydroxyl groups is 1. The Bertz CT molecular complexity index is 1210. The molecule has 1 aromatic carbocycles. The van der Waals surface area contributed by atoms with Crippen molar-refractivity contribution >= 4 is 11.7 Å². The SMILES string of the molecule is CCc1ccc(O)c(CCC2(C3CCCC3)CC(O)=C(Cc3nc4ncccn4n3)C(=O)O2)c1. The molecule has 0 bridgehead atoms. The Balaban J connectivity index is 1.41. The molecule has 2 N–H and O–H groups in total. The molecule has 8 nitrogen and oxygen atoms in total. The topological polar surface area (TPSA) is 110 Å². The van der Waals surface area contributed by atoms with Crippen LogP contribution in [0.3, 0.4) is 0 Å². The Morgan fingerprint density at radius 1 is 1.24 bits per heavy atom. The van der Waals surface area contributed by atoms with Crippen LogP contribution in [-0.2, 0) is 28.8 Å². The number of phenols is 1. The average molecular weight is 463 g/mol. The van der Waals surface area contributed by atoms with Crippen LogP contribution in [0.15, 0.2) is 48.0 Å². The zero-order chi connectivity index (χ0) is 23.7. The summed E-state index contributed by atoms with van der Waals surface area (Å²) in [6.45, 7) is 2.08. The first-order valence-corrected chi connectivity index (χ1v) is 12.1. The molecule has 5 rings (SSSR count).